The Bertz CT molecular complexity index is 434. The normalized spacial score (nSPS) is 14.6. The summed E-state index contributed by atoms with van der Waals surface area (Å²) in [7, 11) is 1.56. The zero-order valence-electron chi connectivity index (χ0n) is 12.1. The first-order chi connectivity index (χ1) is 8.74. The first-order valence-corrected chi connectivity index (χ1v) is 6.29. The van der Waals surface area contributed by atoms with Crippen LogP contribution in [0.4, 0.5) is 0 Å². The van der Waals surface area contributed by atoms with E-state index in [0.29, 0.717) is 11.3 Å². The summed E-state index contributed by atoms with van der Waals surface area (Å²) in [6.07, 6.45) is -0.912. The van der Waals surface area contributed by atoms with E-state index in [9.17, 15) is 9.90 Å². The van der Waals surface area contributed by atoms with Crippen LogP contribution in [0.1, 0.15) is 39.4 Å². The molecule has 2 unspecified atom stereocenters. The Morgan fingerprint density at radius 2 is 1.95 bits per heavy atom. The average Bonchev–Trinajstić information content (AvgIpc) is 2.35. The van der Waals surface area contributed by atoms with Crippen molar-refractivity contribution in [1.82, 2.24) is 0 Å². The highest BCUT2D eigenvalue weighted by molar-refractivity contribution is 5.73. The number of ether oxygens (including phenoxy) is 2. The van der Waals surface area contributed by atoms with Crippen molar-refractivity contribution < 1.29 is 19.4 Å². The third kappa shape index (κ3) is 4.56. The number of aliphatic hydroxyl groups excluding tert-OH is 1. The third-order valence-electron chi connectivity index (χ3n) is 2.69. The number of carbonyl (C=O) groups is 1. The maximum absolute atomic E-state index is 11.9. The minimum atomic E-state index is -0.912. The smallest absolute Gasteiger partial charge is 0.312 e. The fourth-order valence-electron chi connectivity index (χ4n) is 1.64. The lowest BCUT2D eigenvalue weighted by atomic mass is 9.97. The second kappa shape index (κ2) is 6.06. The van der Waals surface area contributed by atoms with E-state index in [1.54, 1.807) is 59.1 Å². The Labute approximate surface area is 114 Å². The first kappa shape index (κ1) is 15.5. The molecule has 0 radical (unpaired) electrons. The van der Waals surface area contributed by atoms with Crippen LogP contribution in [-0.4, -0.2) is 23.8 Å². The van der Waals surface area contributed by atoms with Gasteiger partial charge < -0.3 is 14.6 Å². The van der Waals surface area contributed by atoms with Gasteiger partial charge in [-0.1, -0.05) is 12.1 Å². The molecule has 0 bridgehead atoms. The molecule has 4 nitrogen and oxygen atoms in total. The van der Waals surface area contributed by atoms with Crippen molar-refractivity contribution in [2.45, 2.75) is 39.4 Å². The minimum Gasteiger partial charge on any atom is -0.497 e. The van der Waals surface area contributed by atoms with Crippen LogP contribution in [0.5, 0.6) is 5.75 Å². The van der Waals surface area contributed by atoms with Gasteiger partial charge in [-0.25, -0.2) is 0 Å². The molecule has 1 aromatic rings. The van der Waals surface area contributed by atoms with Crippen molar-refractivity contribution in [3.8, 4) is 5.75 Å². The molecule has 0 fully saturated rings. The summed E-state index contributed by atoms with van der Waals surface area (Å²) in [5, 5.41) is 10.2. The first-order valence-electron chi connectivity index (χ1n) is 6.29. The van der Waals surface area contributed by atoms with Crippen LogP contribution in [0.25, 0.3) is 0 Å². The van der Waals surface area contributed by atoms with Gasteiger partial charge in [0.15, 0.2) is 0 Å². The molecule has 1 rings (SSSR count). The molecule has 0 aliphatic heterocycles. The van der Waals surface area contributed by atoms with E-state index >= 15 is 0 Å². The van der Waals surface area contributed by atoms with E-state index in [-0.39, 0.29) is 0 Å². The summed E-state index contributed by atoms with van der Waals surface area (Å²) >= 11 is 0. The number of carbonyl (C=O) groups excluding carboxylic acids is 1. The number of hydrogen-bond acceptors (Lipinski definition) is 4. The molecule has 0 saturated carbocycles. The van der Waals surface area contributed by atoms with Gasteiger partial charge in [0.25, 0.3) is 0 Å². The molecule has 1 N–H and O–H groups in total. The summed E-state index contributed by atoms with van der Waals surface area (Å²) < 4.78 is 10.4. The molecule has 1 aromatic carbocycles. The van der Waals surface area contributed by atoms with Gasteiger partial charge in [0, 0.05) is 0 Å². The zero-order chi connectivity index (χ0) is 14.6. The van der Waals surface area contributed by atoms with E-state index in [0.717, 1.165) is 0 Å². The Kier molecular flexibility index (Phi) is 4.95. The Morgan fingerprint density at radius 1 is 1.32 bits per heavy atom. The van der Waals surface area contributed by atoms with Crippen LogP contribution in [0, 0.1) is 5.92 Å². The maximum atomic E-state index is 11.9. The summed E-state index contributed by atoms with van der Waals surface area (Å²) in [6, 6.07) is 7.03. The summed E-state index contributed by atoms with van der Waals surface area (Å²) in [5.74, 6) is -0.401. The Balaban J connectivity index is 2.81. The predicted octanol–water partition coefficient (Wildman–Crippen LogP) is 2.71. The standard InChI is InChI=1S/C15H22O4/c1-10(14(17)19-15(2,3)4)13(16)11-7-6-8-12(9-11)18-5/h6-10,13,16H,1-5H3. The van der Waals surface area contributed by atoms with Gasteiger partial charge in [0.05, 0.1) is 19.1 Å². The zero-order valence-corrected chi connectivity index (χ0v) is 12.1. The van der Waals surface area contributed by atoms with Gasteiger partial charge >= 0.3 is 5.97 Å². The molecule has 0 spiro atoms. The van der Waals surface area contributed by atoms with Gasteiger partial charge in [0.1, 0.15) is 11.4 Å². The number of aliphatic hydroxyl groups is 1. The molecular weight excluding hydrogens is 244 g/mol. The minimum absolute atomic E-state index is 0.414. The lowest BCUT2D eigenvalue weighted by Crippen LogP contribution is -2.30. The van der Waals surface area contributed by atoms with Gasteiger partial charge in [0.2, 0.25) is 0 Å². The number of esters is 1. The molecule has 4 heteroatoms. The van der Waals surface area contributed by atoms with Crippen molar-refractivity contribution >= 4 is 5.97 Å². The molecule has 2 atom stereocenters. The number of rotatable bonds is 4. The van der Waals surface area contributed by atoms with E-state index in [1.165, 1.54) is 0 Å². The topological polar surface area (TPSA) is 55.8 Å². The van der Waals surface area contributed by atoms with Crippen LogP contribution in [0.3, 0.4) is 0 Å². The molecule has 0 heterocycles. The van der Waals surface area contributed by atoms with Crippen LogP contribution in [0.15, 0.2) is 24.3 Å². The third-order valence-corrected chi connectivity index (χ3v) is 2.69. The molecule has 0 aromatic heterocycles. The van der Waals surface area contributed by atoms with E-state index in [1.807, 2.05) is 0 Å². The van der Waals surface area contributed by atoms with Crippen LogP contribution in [0.2, 0.25) is 0 Å². The van der Waals surface area contributed by atoms with Gasteiger partial charge in [-0.05, 0) is 45.4 Å². The quantitative estimate of drug-likeness (QED) is 0.851. The monoisotopic (exact) mass is 266 g/mol. The SMILES string of the molecule is COc1cccc(C(O)C(C)C(=O)OC(C)(C)C)c1. The van der Waals surface area contributed by atoms with E-state index in [2.05, 4.69) is 0 Å². The van der Waals surface area contributed by atoms with E-state index < -0.39 is 23.6 Å². The number of benzene rings is 1. The van der Waals surface area contributed by atoms with Crippen molar-refractivity contribution in [1.29, 1.82) is 0 Å². The fraction of sp³-hybridized carbons (Fsp3) is 0.533. The fourth-order valence-corrected chi connectivity index (χ4v) is 1.64. The van der Waals surface area contributed by atoms with Crippen LogP contribution >= 0.6 is 0 Å². The predicted molar refractivity (Wildman–Crippen MR) is 73.0 cm³/mol. The second-order valence-electron chi connectivity index (χ2n) is 5.54. The summed E-state index contributed by atoms with van der Waals surface area (Å²) in [4.78, 5) is 11.9. The van der Waals surface area contributed by atoms with E-state index in [4.69, 9.17) is 9.47 Å². The average molecular weight is 266 g/mol. The van der Waals surface area contributed by atoms with Gasteiger partial charge in [-0.3, -0.25) is 4.79 Å². The highest BCUT2D eigenvalue weighted by atomic mass is 16.6. The van der Waals surface area contributed by atoms with Crippen LogP contribution in [-0.2, 0) is 9.53 Å². The van der Waals surface area contributed by atoms with Crippen molar-refractivity contribution in [2.75, 3.05) is 7.11 Å². The Morgan fingerprint density at radius 3 is 2.47 bits per heavy atom. The van der Waals surface area contributed by atoms with Crippen molar-refractivity contribution in [3.05, 3.63) is 29.8 Å². The molecule has 0 saturated heterocycles. The van der Waals surface area contributed by atoms with Crippen LogP contribution < -0.4 is 4.74 Å². The number of hydrogen-bond donors (Lipinski definition) is 1. The molecule has 0 aliphatic carbocycles. The molecule has 106 valence electrons. The second-order valence-corrected chi connectivity index (χ2v) is 5.54. The van der Waals surface area contributed by atoms with Gasteiger partial charge in [-0.15, -0.1) is 0 Å². The highest BCUT2D eigenvalue weighted by Crippen LogP contribution is 2.27. The highest BCUT2D eigenvalue weighted by Gasteiger charge is 2.28. The largest absolute Gasteiger partial charge is 0.497 e. The van der Waals surface area contributed by atoms with Crippen molar-refractivity contribution in [2.24, 2.45) is 5.92 Å². The lowest BCUT2D eigenvalue weighted by molar-refractivity contribution is -0.163. The summed E-state index contributed by atoms with van der Waals surface area (Å²) in [6.45, 7) is 7.05. The lowest BCUT2D eigenvalue weighted by Gasteiger charge is -2.24. The Hall–Kier alpha value is -1.55. The molecule has 0 amide bonds. The molecule has 19 heavy (non-hydrogen) atoms. The molecular formula is C15H22O4. The van der Waals surface area contributed by atoms with Crippen molar-refractivity contribution in [3.63, 3.8) is 0 Å². The summed E-state index contributed by atoms with van der Waals surface area (Å²) in [5.41, 5.74) is 0.0807. The molecule has 0 aliphatic rings. The number of methoxy groups -OCH3 is 1. The van der Waals surface area contributed by atoms with Gasteiger partial charge in [-0.2, -0.15) is 0 Å². The maximum Gasteiger partial charge on any atom is 0.312 e.